The largest absolute Gasteiger partial charge is 0.345 e. The maximum absolute atomic E-state index is 12.4. The van der Waals surface area contributed by atoms with Crippen LogP contribution in [0.25, 0.3) is 0 Å². The number of thiophene rings is 1. The molecule has 5 nitrogen and oxygen atoms in total. The van der Waals surface area contributed by atoms with Crippen LogP contribution in [-0.2, 0) is 11.2 Å². The van der Waals surface area contributed by atoms with Gasteiger partial charge in [0.05, 0.1) is 6.54 Å². The van der Waals surface area contributed by atoms with Crippen LogP contribution in [0, 0.1) is 0 Å². The van der Waals surface area contributed by atoms with Crippen LogP contribution >= 0.6 is 11.3 Å². The summed E-state index contributed by atoms with van der Waals surface area (Å²) in [6.45, 7) is 3.63. The van der Waals surface area contributed by atoms with Gasteiger partial charge in [-0.25, -0.2) is 0 Å². The highest BCUT2D eigenvalue weighted by molar-refractivity contribution is 7.10. The summed E-state index contributed by atoms with van der Waals surface area (Å²) in [5, 5.41) is 5.08. The summed E-state index contributed by atoms with van der Waals surface area (Å²) >= 11 is 1.81. The van der Waals surface area contributed by atoms with Gasteiger partial charge in [0.2, 0.25) is 0 Å². The van der Waals surface area contributed by atoms with Gasteiger partial charge in [-0.05, 0) is 42.6 Å². The molecule has 0 saturated carbocycles. The molecule has 3 rings (SSSR count). The number of nitrogens with zero attached hydrogens (tertiary/aromatic N) is 1. The standard InChI is InChI=1S/C19H23N3O2S/c1-13-16-9-11-25-17(16)8-10-22(13)12-18(23)20-15-6-4-14(5-7-15)19(24)21(2)3/h4-7,9,11,13H,8,10,12H2,1-3H3,(H,20,23)/p+1/t13-/m0/s1. The second-order valence-electron chi connectivity index (χ2n) is 6.68. The fourth-order valence-electron chi connectivity index (χ4n) is 3.26. The average molecular weight is 358 g/mol. The number of hydrogen-bond donors (Lipinski definition) is 2. The van der Waals surface area contributed by atoms with Gasteiger partial charge >= 0.3 is 0 Å². The number of anilines is 1. The monoisotopic (exact) mass is 358 g/mol. The minimum absolute atomic E-state index is 0.00668. The van der Waals surface area contributed by atoms with Gasteiger partial charge in [-0.3, -0.25) is 9.59 Å². The molecule has 25 heavy (non-hydrogen) atoms. The van der Waals surface area contributed by atoms with E-state index < -0.39 is 0 Å². The summed E-state index contributed by atoms with van der Waals surface area (Å²) in [6.07, 6.45) is 1.04. The van der Waals surface area contributed by atoms with Gasteiger partial charge in [0.15, 0.2) is 6.54 Å². The van der Waals surface area contributed by atoms with Crippen molar-refractivity contribution in [2.45, 2.75) is 19.4 Å². The second kappa shape index (κ2) is 7.37. The summed E-state index contributed by atoms with van der Waals surface area (Å²) in [5.41, 5.74) is 2.72. The molecule has 0 saturated heterocycles. The molecule has 1 aliphatic heterocycles. The van der Waals surface area contributed by atoms with Crippen LogP contribution in [0.15, 0.2) is 35.7 Å². The van der Waals surface area contributed by atoms with Crippen molar-refractivity contribution in [3.63, 3.8) is 0 Å². The Labute approximate surface area is 152 Å². The predicted octanol–water partition coefficient (Wildman–Crippen LogP) is 1.59. The SMILES string of the molecule is C[C@H]1c2ccsc2CC[NH+]1CC(=O)Nc1ccc(C(=O)N(C)C)cc1. The molecule has 1 aromatic carbocycles. The van der Waals surface area contributed by atoms with Crippen LogP contribution in [-0.4, -0.2) is 43.9 Å². The molecule has 2 N–H and O–H groups in total. The molecule has 0 aliphatic carbocycles. The van der Waals surface area contributed by atoms with E-state index in [4.69, 9.17) is 0 Å². The summed E-state index contributed by atoms with van der Waals surface area (Å²) in [6, 6.07) is 9.57. The first-order valence-corrected chi connectivity index (χ1v) is 9.36. The van der Waals surface area contributed by atoms with Crippen LogP contribution in [0.5, 0.6) is 0 Å². The molecule has 2 atom stereocenters. The Balaban J connectivity index is 1.59. The molecule has 0 bridgehead atoms. The Morgan fingerprint density at radius 2 is 1.96 bits per heavy atom. The third-order valence-electron chi connectivity index (χ3n) is 4.74. The molecule has 6 heteroatoms. The topological polar surface area (TPSA) is 53.9 Å². The molecule has 0 spiro atoms. The zero-order valence-electron chi connectivity index (χ0n) is 14.8. The number of carbonyl (C=O) groups is 2. The van der Waals surface area contributed by atoms with Crippen molar-refractivity contribution in [3.05, 3.63) is 51.7 Å². The maximum atomic E-state index is 12.4. The fraction of sp³-hybridized carbons (Fsp3) is 0.368. The molecule has 2 heterocycles. The van der Waals surface area contributed by atoms with Crippen molar-refractivity contribution in [2.75, 3.05) is 32.5 Å². The third kappa shape index (κ3) is 3.91. The van der Waals surface area contributed by atoms with Crippen LogP contribution in [0.3, 0.4) is 0 Å². The number of carbonyl (C=O) groups excluding carboxylic acids is 2. The Hall–Kier alpha value is -2.18. The Bertz CT molecular complexity index is 767. The van der Waals surface area contributed by atoms with Crippen molar-refractivity contribution in [2.24, 2.45) is 0 Å². The average Bonchev–Trinajstić information content (AvgIpc) is 3.07. The lowest BCUT2D eigenvalue weighted by molar-refractivity contribution is -0.923. The van der Waals surface area contributed by atoms with Crippen LogP contribution in [0.1, 0.15) is 33.8 Å². The lowest BCUT2D eigenvalue weighted by Crippen LogP contribution is -3.14. The summed E-state index contributed by atoms with van der Waals surface area (Å²) in [4.78, 5) is 28.6. The van der Waals surface area contributed by atoms with E-state index in [0.29, 0.717) is 18.2 Å². The normalized spacial score (nSPS) is 19.2. The van der Waals surface area contributed by atoms with E-state index in [-0.39, 0.29) is 11.8 Å². The van der Waals surface area contributed by atoms with Gasteiger partial charge < -0.3 is 15.1 Å². The zero-order valence-corrected chi connectivity index (χ0v) is 15.7. The Morgan fingerprint density at radius 3 is 2.64 bits per heavy atom. The van der Waals surface area contributed by atoms with Gasteiger partial charge in [-0.1, -0.05) is 0 Å². The number of fused-ring (bicyclic) bond motifs is 1. The minimum atomic E-state index is -0.0453. The maximum Gasteiger partial charge on any atom is 0.279 e. The number of rotatable bonds is 4. The first-order valence-electron chi connectivity index (χ1n) is 8.48. The molecular weight excluding hydrogens is 334 g/mol. The van der Waals surface area contributed by atoms with Crippen LogP contribution in [0.2, 0.25) is 0 Å². The van der Waals surface area contributed by atoms with E-state index in [9.17, 15) is 9.59 Å². The Kier molecular flexibility index (Phi) is 5.20. The molecule has 0 fully saturated rings. The Morgan fingerprint density at radius 1 is 1.24 bits per heavy atom. The molecule has 132 valence electrons. The van der Waals surface area contributed by atoms with Gasteiger partial charge in [0, 0.05) is 42.2 Å². The number of nitrogens with one attached hydrogen (secondary N) is 2. The zero-order chi connectivity index (χ0) is 18.0. The smallest absolute Gasteiger partial charge is 0.279 e. The molecule has 1 unspecified atom stereocenters. The molecule has 1 aromatic heterocycles. The fourth-order valence-corrected chi connectivity index (χ4v) is 4.24. The summed E-state index contributed by atoms with van der Waals surface area (Å²) in [7, 11) is 3.44. The molecule has 0 radical (unpaired) electrons. The molecular formula is C19H24N3O2S+. The van der Waals surface area contributed by atoms with Crippen molar-refractivity contribution >= 4 is 28.8 Å². The van der Waals surface area contributed by atoms with E-state index in [1.807, 2.05) is 11.3 Å². The minimum Gasteiger partial charge on any atom is -0.345 e. The van der Waals surface area contributed by atoms with E-state index >= 15 is 0 Å². The first kappa shape index (κ1) is 17.6. The second-order valence-corrected chi connectivity index (χ2v) is 7.68. The highest BCUT2D eigenvalue weighted by atomic mass is 32.1. The number of quaternary nitrogens is 1. The number of amides is 2. The van der Waals surface area contributed by atoms with Crippen molar-refractivity contribution in [1.82, 2.24) is 4.90 Å². The predicted molar refractivity (Wildman–Crippen MR) is 100 cm³/mol. The molecule has 1 aliphatic rings. The molecule has 2 aromatic rings. The highest BCUT2D eigenvalue weighted by Gasteiger charge is 2.29. The van der Waals surface area contributed by atoms with Crippen molar-refractivity contribution in [3.8, 4) is 0 Å². The quantitative estimate of drug-likeness (QED) is 0.872. The highest BCUT2D eigenvalue weighted by Crippen LogP contribution is 2.24. The molecule has 2 amide bonds. The van der Waals surface area contributed by atoms with E-state index in [1.165, 1.54) is 20.2 Å². The van der Waals surface area contributed by atoms with Crippen molar-refractivity contribution < 1.29 is 14.5 Å². The van der Waals surface area contributed by atoms with Gasteiger partial charge in [0.1, 0.15) is 6.04 Å². The van der Waals surface area contributed by atoms with E-state index in [0.717, 1.165) is 18.7 Å². The van der Waals surface area contributed by atoms with Gasteiger partial charge in [-0.2, -0.15) is 0 Å². The first-order chi connectivity index (χ1) is 12.0. The van der Waals surface area contributed by atoms with Crippen LogP contribution in [0.4, 0.5) is 5.69 Å². The summed E-state index contributed by atoms with van der Waals surface area (Å²) in [5.74, 6) is -0.0387. The third-order valence-corrected chi connectivity index (χ3v) is 5.74. The van der Waals surface area contributed by atoms with Gasteiger partial charge in [0.25, 0.3) is 11.8 Å². The van der Waals surface area contributed by atoms with Crippen LogP contribution < -0.4 is 10.2 Å². The van der Waals surface area contributed by atoms with E-state index in [2.05, 4.69) is 23.7 Å². The number of benzene rings is 1. The summed E-state index contributed by atoms with van der Waals surface area (Å²) < 4.78 is 0. The van der Waals surface area contributed by atoms with Crippen molar-refractivity contribution in [1.29, 1.82) is 0 Å². The lowest BCUT2D eigenvalue weighted by Gasteiger charge is -2.29. The number of hydrogen-bond acceptors (Lipinski definition) is 3. The lowest BCUT2D eigenvalue weighted by atomic mass is 10.0. The van der Waals surface area contributed by atoms with E-state index in [1.54, 1.807) is 38.4 Å². The van der Waals surface area contributed by atoms with Gasteiger partial charge in [-0.15, -0.1) is 11.3 Å².